The van der Waals surface area contributed by atoms with Crippen molar-refractivity contribution in [1.82, 2.24) is 9.88 Å². The van der Waals surface area contributed by atoms with Crippen LogP contribution in [0.15, 0.2) is 45.7 Å². The third-order valence-corrected chi connectivity index (χ3v) is 3.59. The van der Waals surface area contributed by atoms with Crippen molar-refractivity contribution in [1.29, 1.82) is 0 Å². The minimum atomic E-state index is -0.100. The predicted molar refractivity (Wildman–Crippen MR) is 75.6 cm³/mol. The molecule has 0 N–H and O–H groups in total. The summed E-state index contributed by atoms with van der Waals surface area (Å²) in [6.07, 6.45) is 4.21. The second kappa shape index (κ2) is 5.66. The van der Waals surface area contributed by atoms with Crippen LogP contribution in [0, 0.1) is 0 Å². The highest BCUT2D eigenvalue weighted by molar-refractivity contribution is 9.10. The molecule has 0 radical (unpaired) electrons. The minimum absolute atomic E-state index is 0.0137. The van der Waals surface area contributed by atoms with Gasteiger partial charge in [0.05, 0.1) is 6.54 Å². The topological polar surface area (TPSA) is 55.6 Å². The van der Waals surface area contributed by atoms with Crippen LogP contribution in [-0.4, -0.2) is 35.0 Å². The first kappa shape index (κ1) is 13.2. The highest BCUT2D eigenvalue weighted by Gasteiger charge is 2.29. The number of carbonyl (C=O) groups excluding carboxylic acids is 1. The average molecular weight is 337 g/mol. The molecule has 104 valence electrons. The molecule has 3 heterocycles. The van der Waals surface area contributed by atoms with Gasteiger partial charge in [-0.25, -0.2) is 0 Å². The minimum Gasteiger partial charge on any atom is -0.488 e. The molecule has 2 aromatic heterocycles. The zero-order valence-electron chi connectivity index (χ0n) is 10.7. The first-order valence-corrected chi connectivity index (χ1v) is 7.13. The standard InChI is InChI=1S/C14H13BrN2O3/c15-13-2-1-12(20-13)14(18)17-8-5-11(9-17)19-10-3-6-16-7-4-10/h1-4,6-7,11H,5,8-9H2. The SMILES string of the molecule is O=C(c1ccc(Br)o1)N1CCC(Oc2ccncc2)C1. The lowest BCUT2D eigenvalue weighted by molar-refractivity contribution is 0.0739. The van der Waals surface area contributed by atoms with E-state index in [1.165, 1.54) is 0 Å². The van der Waals surface area contributed by atoms with E-state index in [-0.39, 0.29) is 12.0 Å². The number of ether oxygens (including phenoxy) is 1. The molecule has 1 unspecified atom stereocenters. The number of hydrogen-bond donors (Lipinski definition) is 0. The molecule has 0 aromatic carbocycles. The Morgan fingerprint density at radius 1 is 1.35 bits per heavy atom. The molecule has 1 atom stereocenters. The Kier molecular flexibility index (Phi) is 3.73. The van der Waals surface area contributed by atoms with Crippen LogP contribution in [-0.2, 0) is 0 Å². The molecule has 20 heavy (non-hydrogen) atoms. The smallest absolute Gasteiger partial charge is 0.289 e. The summed E-state index contributed by atoms with van der Waals surface area (Å²) in [5.41, 5.74) is 0. The number of likely N-dealkylation sites (tertiary alicyclic amines) is 1. The third kappa shape index (κ3) is 2.85. The lowest BCUT2D eigenvalue weighted by Crippen LogP contribution is -2.30. The van der Waals surface area contributed by atoms with Gasteiger partial charge in [0.15, 0.2) is 10.4 Å². The van der Waals surface area contributed by atoms with Gasteiger partial charge >= 0.3 is 0 Å². The Morgan fingerprint density at radius 2 is 2.15 bits per heavy atom. The lowest BCUT2D eigenvalue weighted by atomic mass is 10.3. The van der Waals surface area contributed by atoms with Gasteiger partial charge in [-0.05, 0) is 40.2 Å². The van der Waals surface area contributed by atoms with Gasteiger partial charge in [0.2, 0.25) is 0 Å². The summed E-state index contributed by atoms with van der Waals surface area (Å²) in [5, 5.41) is 0. The molecular formula is C14H13BrN2O3. The van der Waals surface area contributed by atoms with Crippen LogP contribution < -0.4 is 4.74 Å². The van der Waals surface area contributed by atoms with E-state index in [1.54, 1.807) is 29.4 Å². The molecule has 3 rings (SSSR count). The maximum absolute atomic E-state index is 12.2. The normalized spacial score (nSPS) is 18.2. The van der Waals surface area contributed by atoms with Crippen molar-refractivity contribution in [2.24, 2.45) is 0 Å². The molecule has 1 fully saturated rings. The van der Waals surface area contributed by atoms with Crippen molar-refractivity contribution in [3.63, 3.8) is 0 Å². The largest absolute Gasteiger partial charge is 0.488 e. The van der Waals surface area contributed by atoms with Gasteiger partial charge < -0.3 is 14.1 Å². The first-order valence-electron chi connectivity index (χ1n) is 6.33. The highest BCUT2D eigenvalue weighted by atomic mass is 79.9. The predicted octanol–water partition coefficient (Wildman–Crippen LogP) is 2.73. The van der Waals surface area contributed by atoms with Gasteiger partial charge in [0, 0.05) is 25.4 Å². The summed E-state index contributed by atoms with van der Waals surface area (Å²) in [7, 11) is 0. The van der Waals surface area contributed by atoms with E-state index < -0.39 is 0 Å². The van der Waals surface area contributed by atoms with Crippen LogP contribution >= 0.6 is 15.9 Å². The molecule has 0 saturated carbocycles. The zero-order chi connectivity index (χ0) is 13.9. The summed E-state index contributed by atoms with van der Waals surface area (Å²) in [4.78, 5) is 17.9. The van der Waals surface area contributed by atoms with Crippen LogP contribution in [0.3, 0.4) is 0 Å². The van der Waals surface area contributed by atoms with Crippen LogP contribution in [0.1, 0.15) is 17.0 Å². The monoisotopic (exact) mass is 336 g/mol. The third-order valence-electron chi connectivity index (χ3n) is 3.17. The molecule has 1 amide bonds. The van der Waals surface area contributed by atoms with E-state index in [0.717, 1.165) is 12.2 Å². The molecule has 5 nitrogen and oxygen atoms in total. The van der Waals surface area contributed by atoms with Gasteiger partial charge in [-0.1, -0.05) is 0 Å². The summed E-state index contributed by atoms with van der Waals surface area (Å²) in [5.74, 6) is 1.03. The van der Waals surface area contributed by atoms with Gasteiger partial charge in [-0.2, -0.15) is 0 Å². The maximum atomic E-state index is 12.2. The Bertz CT molecular complexity index is 599. The molecular weight excluding hydrogens is 324 g/mol. The summed E-state index contributed by atoms with van der Waals surface area (Å²) in [6, 6.07) is 7.01. The lowest BCUT2D eigenvalue weighted by Gasteiger charge is -2.16. The highest BCUT2D eigenvalue weighted by Crippen LogP contribution is 2.21. The number of rotatable bonds is 3. The molecule has 0 aliphatic carbocycles. The van der Waals surface area contributed by atoms with E-state index in [2.05, 4.69) is 20.9 Å². The van der Waals surface area contributed by atoms with E-state index in [4.69, 9.17) is 9.15 Å². The maximum Gasteiger partial charge on any atom is 0.289 e. The van der Waals surface area contributed by atoms with Gasteiger partial charge in [0.1, 0.15) is 11.9 Å². The number of hydrogen-bond acceptors (Lipinski definition) is 4. The van der Waals surface area contributed by atoms with Crippen LogP contribution in [0.25, 0.3) is 0 Å². The summed E-state index contributed by atoms with van der Waals surface area (Å²) < 4.78 is 11.7. The number of nitrogens with zero attached hydrogens (tertiary/aromatic N) is 2. The van der Waals surface area contributed by atoms with E-state index in [9.17, 15) is 4.79 Å². The first-order chi connectivity index (χ1) is 9.72. The number of amides is 1. The molecule has 2 aromatic rings. The number of furan rings is 1. The molecule has 1 saturated heterocycles. The van der Waals surface area contributed by atoms with Gasteiger partial charge in [0.25, 0.3) is 5.91 Å². The average Bonchev–Trinajstić information content (AvgIpc) is 3.08. The quantitative estimate of drug-likeness (QED) is 0.864. The Hall–Kier alpha value is -1.82. The van der Waals surface area contributed by atoms with E-state index in [1.807, 2.05) is 12.1 Å². The van der Waals surface area contributed by atoms with Crippen molar-refractivity contribution in [2.75, 3.05) is 13.1 Å². The Morgan fingerprint density at radius 3 is 2.85 bits per heavy atom. The number of carbonyl (C=O) groups is 1. The molecule has 1 aliphatic heterocycles. The number of pyridine rings is 1. The number of aromatic nitrogens is 1. The van der Waals surface area contributed by atoms with Crippen LogP contribution in [0.5, 0.6) is 5.75 Å². The van der Waals surface area contributed by atoms with E-state index >= 15 is 0 Å². The van der Waals surface area contributed by atoms with Crippen molar-refractivity contribution < 1.29 is 13.9 Å². The Labute approximate surface area is 124 Å². The van der Waals surface area contributed by atoms with Crippen molar-refractivity contribution in [3.05, 3.63) is 47.1 Å². The molecule has 0 spiro atoms. The fourth-order valence-electron chi connectivity index (χ4n) is 2.20. The van der Waals surface area contributed by atoms with E-state index in [0.29, 0.717) is 23.5 Å². The molecule has 1 aliphatic rings. The summed E-state index contributed by atoms with van der Waals surface area (Å²) in [6.45, 7) is 1.24. The zero-order valence-corrected chi connectivity index (χ0v) is 12.2. The Balaban J connectivity index is 1.61. The second-order valence-corrected chi connectivity index (χ2v) is 5.35. The fraction of sp³-hybridized carbons (Fsp3) is 0.286. The second-order valence-electron chi connectivity index (χ2n) is 4.57. The van der Waals surface area contributed by atoms with Crippen molar-refractivity contribution in [3.8, 4) is 5.75 Å². The van der Waals surface area contributed by atoms with Crippen LogP contribution in [0.2, 0.25) is 0 Å². The fourth-order valence-corrected chi connectivity index (χ4v) is 2.51. The molecule has 6 heteroatoms. The summed E-state index contributed by atoms with van der Waals surface area (Å²) >= 11 is 3.20. The molecule has 0 bridgehead atoms. The van der Waals surface area contributed by atoms with Crippen molar-refractivity contribution >= 4 is 21.8 Å². The number of halogens is 1. The van der Waals surface area contributed by atoms with Gasteiger partial charge in [-0.15, -0.1) is 0 Å². The van der Waals surface area contributed by atoms with Crippen molar-refractivity contribution in [2.45, 2.75) is 12.5 Å². The van der Waals surface area contributed by atoms with Crippen LogP contribution in [0.4, 0.5) is 0 Å². The van der Waals surface area contributed by atoms with Gasteiger partial charge in [-0.3, -0.25) is 9.78 Å².